The molecule has 0 radical (unpaired) electrons. The summed E-state index contributed by atoms with van der Waals surface area (Å²) in [7, 11) is 1.86. The zero-order chi connectivity index (χ0) is 18.4. The van der Waals surface area contributed by atoms with E-state index in [0.29, 0.717) is 12.5 Å². The van der Waals surface area contributed by atoms with Crippen LogP contribution in [0.5, 0.6) is 0 Å². The van der Waals surface area contributed by atoms with E-state index in [1.165, 1.54) is 0 Å². The third kappa shape index (κ3) is 8.57. The van der Waals surface area contributed by atoms with Crippen molar-refractivity contribution in [2.24, 2.45) is 10.4 Å². The summed E-state index contributed by atoms with van der Waals surface area (Å²) >= 11 is 0. The summed E-state index contributed by atoms with van der Waals surface area (Å²) in [6.07, 6.45) is 3.78. The molecule has 6 nitrogen and oxygen atoms in total. The average Bonchev–Trinajstić information content (AvgIpc) is 2.44. The van der Waals surface area contributed by atoms with Crippen LogP contribution < -0.4 is 10.6 Å². The normalized spacial score (nSPS) is 24.3. The second-order valence-electron chi connectivity index (χ2n) is 8.24. The summed E-state index contributed by atoms with van der Waals surface area (Å²) in [5.74, 6) is 0.681. The Hall–Kier alpha value is -0.570. The number of hydrogen-bond acceptors (Lipinski definition) is 3. The molecule has 0 spiro atoms. The molecule has 25 heavy (non-hydrogen) atoms. The first-order valence-corrected chi connectivity index (χ1v) is 9.06. The van der Waals surface area contributed by atoms with Crippen LogP contribution in [-0.2, 0) is 4.79 Å². The minimum absolute atomic E-state index is 0. The number of guanidine groups is 1. The van der Waals surface area contributed by atoms with Gasteiger partial charge < -0.3 is 20.6 Å². The summed E-state index contributed by atoms with van der Waals surface area (Å²) in [6, 6.07) is 0. The number of nitrogens with one attached hydrogen (secondary N) is 2. The van der Waals surface area contributed by atoms with E-state index >= 15 is 0 Å². The average molecular weight is 468 g/mol. The zero-order valence-electron chi connectivity index (χ0n) is 16.7. The largest absolute Gasteiger partial charge is 0.392 e. The Balaban J connectivity index is 0.00000576. The number of hydrogen-bond donors (Lipinski definition) is 3. The quantitative estimate of drug-likeness (QED) is 0.329. The standard InChI is InChI=1S/C18H36N4O2.HI/c1-7-19-16(22(6)12-15(24)21-17(2,3)4)20-13-18(5)11-9-8-10-14(18)23;/h14,23H,7-13H2,1-6H3,(H,19,20)(H,21,24);1H. The molecule has 0 aromatic rings. The summed E-state index contributed by atoms with van der Waals surface area (Å²) in [5.41, 5.74) is -0.416. The van der Waals surface area contributed by atoms with Crippen LogP contribution in [-0.4, -0.2) is 60.2 Å². The maximum atomic E-state index is 12.1. The van der Waals surface area contributed by atoms with Crippen LogP contribution in [0.1, 0.15) is 60.3 Å². The van der Waals surface area contributed by atoms with Gasteiger partial charge in [-0.25, -0.2) is 0 Å². The number of amides is 1. The molecule has 0 aromatic carbocycles. The number of aliphatic hydroxyl groups is 1. The molecule has 0 saturated heterocycles. The van der Waals surface area contributed by atoms with Gasteiger partial charge in [-0.3, -0.25) is 9.79 Å². The summed E-state index contributed by atoms with van der Waals surface area (Å²) in [4.78, 5) is 18.7. The van der Waals surface area contributed by atoms with Gasteiger partial charge in [0.15, 0.2) is 5.96 Å². The fourth-order valence-electron chi connectivity index (χ4n) is 3.04. The van der Waals surface area contributed by atoms with Gasteiger partial charge in [0.2, 0.25) is 5.91 Å². The van der Waals surface area contributed by atoms with Gasteiger partial charge in [0.05, 0.1) is 19.2 Å². The van der Waals surface area contributed by atoms with Crippen molar-refractivity contribution in [3.8, 4) is 0 Å². The Bertz CT molecular complexity index is 451. The monoisotopic (exact) mass is 468 g/mol. The number of aliphatic hydroxyl groups excluding tert-OH is 1. The van der Waals surface area contributed by atoms with Crippen LogP contribution in [0.15, 0.2) is 4.99 Å². The van der Waals surface area contributed by atoms with E-state index in [0.717, 1.165) is 32.2 Å². The van der Waals surface area contributed by atoms with E-state index in [1.807, 2.05) is 39.6 Å². The molecule has 0 aliphatic heterocycles. The van der Waals surface area contributed by atoms with Crippen molar-refractivity contribution in [3.05, 3.63) is 0 Å². The molecule has 0 aromatic heterocycles. The van der Waals surface area contributed by atoms with Crippen LogP contribution in [0, 0.1) is 5.41 Å². The van der Waals surface area contributed by atoms with E-state index in [4.69, 9.17) is 4.99 Å². The lowest BCUT2D eigenvalue weighted by Crippen LogP contribution is -2.49. The SMILES string of the molecule is CCNC(=NCC1(C)CCCCC1O)N(C)CC(=O)NC(C)(C)C.I. The van der Waals surface area contributed by atoms with Crippen LogP contribution in [0.3, 0.4) is 0 Å². The summed E-state index contributed by atoms with van der Waals surface area (Å²) in [5, 5.41) is 16.5. The number of rotatable bonds is 5. The molecule has 3 N–H and O–H groups in total. The predicted molar refractivity (Wildman–Crippen MR) is 115 cm³/mol. The molecular weight excluding hydrogens is 431 g/mol. The minimum atomic E-state index is -0.299. The molecule has 1 fully saturated rings. The molecule has 2 unspecified atom stereocenters. The number of likely N-dealkylation sites (N-methyl/N-ethyl adjacent to an activating group) is 1. The number of nitrogens with zero attached hydrogens (tertiary/aromatic N) is 2. The van der Waals surface area contributed by atoms with Gasteiger partial charge in [-0.05, 0) is 40.5 Å². The van der Waals surface area contributed by atoms with E-state index in [2.05, 4.69) is 17.6 Å². The van der Waals surface area contributed by atoms with Gasteiger partial charge in [-0.1, -0.05) is 19.8 Å². The zero-order valence-corrected chi connectivity index (χ0v) is 19.0. The Labute approximate surface area is 170 Å². The second-order valence-corrected chi connectivity index (χ2v) is 8.24. The molecule has 0 bridgehead atoms. The smallest absolute Gasteiger partial charge is 0.240 e. The van der Waals surface area contributed by atoms with Crippen LogP contribution in [0.2, 0.25) is 0 Å². The molecule has 2 atom stereocenters. The highest BCUT2D eigenvalue weighted by molar-refractivity contribution is 14.0. The van der Waals surface area contributed by atoms with Crippen molar-refractivity contribution >= 4 is 35.8 Å². The summed E-state index contributed by atoms with van der Waals surface area (Å²) < 4.78 is 0. The first-order chi connectivity index (χ1) is 11.1. The summed E-state index contributed by atoms with van der Waals surface area (Å²) in [6.45, 7) is 11.6. The van der Waals surface area contributed by atoms with Crippen molar-refractivity contribution in [2.45, 2.75) is 71.9 Å². The van der Waals surface area contributed by atoms with Crippen LogP contribution >= 0.6 is 24.0 Å². The minimum Gasteiger partial charge on any atom is -0.392 e. The Morgan fingerprint density at radius 1 is 1.36 bits per heavy atom. The van der Waals surface area contributed by atoms with E-state index < -0.39 is 0 Å². The number of halogens is 1. The van der Waals surface area contributed by atoms with E-state index in [-0.39, 0.29) is 53.5 Å². The maximum Gasteiger partial charge on any atom is 0.240 e. The van der Waals surface area contributed by atoms with Crippen molar-refractivity contribution in [3.63, 3.8) is 0 Å². The van der Waals surface area contributed by atoms with Gasteiger partial charge in [-0.15, -0.1) is 24.0 Å². The van der Waals surface area contributed by atoms with Gasteiger partial charge in [-0.2, -0.15) is 0 Å². The van der Waals surface area contributed by atoms with Gasteiger partial charge in [0.25, 0.3) is 0 Å². The Morgan fingerprint density at radius 2 is 2.00 bits per heavy atom. The molecular formula is C18H37IN4O2. The fourth-order valence-corrected chi connectivity index (χ4v) is 3.04. The van der Waals surface area contributed by atoms with Crippen LogP contribution in [0.4, 0.5) is 0 Å². The van der Waals surface area contributed by atoms with Crippen molar-refractivity contribution in [1.29, 1.82) is 0 Å². The first-order valence-electron chi connectivity index (χ1n) is 9.06. The Morgan fingerprint density at radius 3 is 2.52 bits per heavy atom. The third-order valence-corrected chi connectivity index (χ3v) is 4.46. The molecule has 1 rings (SSSR count). The second kappa shape index (κ2) is 10.5. The van der Waals surface area contributed by atoms with Gasteiger partial charge >= 0.3 is 0 Å². The maximum absolute atomic E-state index is 12.1. The highest BCUT2D eigenvalue weighted by Gasteiger charge is 2.35. The number of carbonyl (C=O) groups excluding carboxylic acids is 1. The first kappa shape index (κ1) is 24.4. The fraction of sp³-hybridized carbons (Fsp3) is 0.889. The third-order valence-electron chi connectivity index (χ3n) is 4.46. The topological polar surface area (TPSA) is 77.0 Å². The molecule has 7 heteroatoms. The molecule has 1 aliphatic carbocycles. The highest BCUT2D eigenvalue weighted by atomic mass is 127. The van der Waals surface area contributed by atoms with Gasteiger partial charge in [0.1, 0.15) is 0 Å². The van der Waals surface area contributed by atoms with E-state index in [1.54, 1.807) is 0 Å². The lowest BCUT2D eigenvalue weighted by Gasteiger charge is -2.37. The van der Waals surface area contributed by atoms with Crippen molar-refractivity contribution < 1.29 is 9.90 Å². The number of aliphatic imine (C=N–C) groups is 1. The van der Waals surface area contributed by atoms with E-state index in [9.17, 15) is 9.90 Å². The lowest BCUT2D eigenvalue weighted by atomic mass is 9.73. The lowest BCUT2D eigenvalue weighted by molar-refractivity contribution is -0.122. The molecule has 1 aliphatic rings. The molecule has 1 amide bonds. The predicted octanol–water partition coefficient (Wildman–Crippen LogP) is 2.36. The van der Waals surface area contributed by atoms with Crippen LogP contribution in [0.25, 0.3) is 0 Å². The molecule has 0 heterocycles. The molecule has 148 valence electrons. The van der Waals surface area contributed by atoms with Gasteiger partial charge in [0, 0.05) is 24.5 Å². The Kier molecular flexibility index (Phi) is 10.3. The number of carbonyl (C=O) groups is 1. The highest BCUT2D eigenvalue weighted by Crippen LogP contribution is 2.36. The molecule has 1 saturated carbocycles. The van der Waals surface area contributed by atoms with Crippen molar-refractivity contribution in [1.82, 2.24) is 15.5 Å². The van der Waals surface area contributed by atoms with Crippen molar-refractivity contribution in [2.75, 3.05) is 26.7 Å².